The highest BCUT2D eigenvalue weighted by Gasteiger charge is 2.33. The third-order valence-corrected chi connectivity index (χ3v) is 5.40. The Hall–Kier alpha value is -1.60. The molecule has 1 aliphatic rings. The summed E-state index contributed by atoms with van der Waals surface area (Å²) in [5.74, 6) is -0.144. The molecule has 1 fully saturated rings. The van der Waals surface area contributed by atoms with Crippen LogP contribution in [0, 0.1) is 6.92 Å². The van der Waals surface area contributed by atoms with Crippen LogP contribution in [-0.4, -0.2) is 37.8 Å². The number of carbonyl (C=O) groups is 1. The Morgan fingerprint density at radius 2 is 2.15 bits per heavy atom. The van der Waals surface area contributed by atoms with Crippen molar-refractivity contribution in [1.29, 1.82) is 0 Å². The van der Waals surface area contributed by atoms with Crippen LogP contribution < -0.4 is 11.1 Å². The minimum Gasteiger partial charge on any atom is -0.399 e. The number of carbonyl (C=O) groups excluding carboxylic acids is 1. The zero-order valence-electron chi connectivity index (χ0n) is 11.6. The molecule has 0 radical (unpaired) electrons. The number of nitrogens with zero attached hydrogens (tertiary/aromatic N) is 1. The van der Waals surface area contributed by atoms with E-state index in [1.54, 1.807) is 19.1 Å². The minimum atomic E-state index is -3.56. The molecule has 20 heavy (non-hydrogen) atoms. The lowest BCUT2D eigenvalue weighted by atomic mass is 10.2. The molecular weight excluding hydrogens is 278 g/mol. The summed E-state index contributed by atoms with van der Waals surface area (Å²) in [4.78, 5) is 11.3. The lowest BCUT2D eigenvalue weighted by Crippen LogP contribution is -2.37. The van der Waals surface area contributed by atoms with Crippen LogP contribution >= 0.6 is 0 Å². The number of sulfonamides is 1. The molecule has 0 aliphatic carbocycles. The fourth-order valence-corrected chi connectivity index (χ4v) is 4.15. The number of hydrogen-bond acceptors (Lipinski definition) is 4. The van der Waals surface area contributed by atoms with Crippen LogP contribution in [0.4, 0.5) is 5.69 Å². The predicted molar refractivity (Wildman–Crippen MR) is 76.6 cm³/mol. The van der Waals surface area contributed by atoms with Crippen molar-refractivity contribution in [3.05, 3.63) is 23.8 Å². The van der Waals surface area contributed by atoms with E-state index in [2.05, 4.69) is 5.32 Å². The van der Waals surface area contributed by atoms with Crippen LogP contribution in [0.15, 0.2) is 23.1 Å². The topological polar surface area (TPSA) is 92.5 Å². The number of nitrogen functional groups attached to an aromatic ring is 1. The van der Waals surface area contributed by atoms with Gasteiger partial charge in [0.15, 0.2) is 0 Å². The molecule has 0 spiro atoms. The maximum Gasteiger partial charge on any atom is 0.243 e. The van der Waals surface area contributed by atoms with Gasteiger partial charge in [-0.25, -0.2) is 8.42 Å². The predicted octanol–water partition coefficient (Wildman–Crippen LogP) is 0.476. The van der Waals surface area contributed by atoms with Gasteiger partial charge >= 0.3 is 0 Å². The fourth-order valence-electron chi connectivity index (χ4n) is 2.39. The molecule has 1 unspecified atom stereocenters. The summed E-state index contributed by atoms with van der Waals surface area (Å²) in [5, 5.41) is 2.75. The first kappa shape index (κ1) is 14.8. The molecule has 0 aromatic heterocycles. The van der Waals surface area contributed by atoms with E-state index in [0.29, 0.717) is 30.8 Å². The molecule has 1 aliphatic heterocycles. The van der Waals surface area contributed by atoms with Gasteiger partial charge in [-0.1, -0.05) is 6.07 Å². The third-order valence-electron chi connectivity index (χ3n) is 3.39. The smallest absolute Gasteiger partial charge is 0.243 e. The van der Waals surface area contributed by atoms with Crippen molar-refractivity contribution in [3.8, 4) is 0 Å². The molecule has 0 saturated carbocycles. The van der Waals surface area contributed by atoms with Gasteiger partial charge in [0.2, 0.25) is 15.9 Å². The van der Waals surface area contributed by atoms with E-state index in [0.717, 1.165) is 0 Å². The summed E-state index contributed by atoms with van der Waals surface area (Å²) in [6.07, 6.45) is 0.625. The van der Waals surface area contributed by atoms with Gasteiger partial charge in [-0.3, -0.25) is 4.79 Å². The highest BCUT2D eigenvalue weighted by Crippen LogP contribution is 2.25. The molecular formula is C13H19N3O3S. The second-order valence-electron chi connectivity index (χ2n) is 5.07. The molecule has 1 saturated heterocycles. The number of aryl methyl sites for hydroxylation is 1. The Morgan fingerprint density at radius 3 is 2.80 bits per heavy atom. The lowest BCUT2D eigenvalue weighted by molar-refractivity contribution is -0.119. The number of amides is 1. The molecule has 1 amide bonds. The van der Waals surface area contributed by atoms with E-state index in [1.165, 1.54) is 17.3 Å². The van der Waals surface area contributed by atoms with Crippen molar-refractivity contribution in [1.82, 2.24) is 9.62 Å². The standard InChI is InChI=1S/C13H19N3O3S/c1-9-3-4-11(14)7-13(9)20(18,19)16-6-5-12(8-16)15-10(2)17/h3-4,7,12H,5-6,8,14H2,1-2H3,(H,15,17). The molecule has 0 bridgehead atoms. The second kappa shape index (κ2) is 5.41. The van der Waals surface area contributed by atoms with Gasteiger partial charge in [0.1, 0.15) is 0 Å². The summed E-state index contributed by atoms with van der Waals surface area (Å²) in [7, 11) is -3.56. The van der Waals surface area contributed by atoms with Gasteiger partial charge in [-0.2, -0.15) is 4.31 Å². The monoisotopic (exact) mass is 297 g/mol. The third kappa shape index (κ3) is 2.94. The van der Waals surface area contributed by atoms with Gasteiger partial charge in [0.05, 0.1) is 4.90 Å². The van der Waals surface area contributed by atoms with Crippen molar-refractivity contribution < 1.29 is 13.2 Å². The van der Waals surface area contributed by atoms with E-state index in [4.69, 9.17) is 5.73 Å². The van der Waals surface area contributed by atoms with Crippen LogP contribution in [0.5, 0.6) is 0 Å². The largest absolute Gasteiger partial charge is 0.399 e. The lowest BCUT2D eigenvalue weighted by Gasteiger charge is -2.18. The maximum atomic E-state index is 12.6. The summed E-state index contributed by atoms with van der Waals surface area (Å²) in [6.45, 7) is 3.88. The van der Waals surface area contributed by atoms with Crippen LogP contribution in [0.3, 0.4) is 0 Å². The van der Waals surface area contributed by atoms with E-state index >= 15 is 0 Å². The number of hydrogen-bond donors (Lipinski definition) is 2. The summed E-state index contributed by atoms with van der Waals surface area (Å²) in [5.41, 5.74) is 6.77. The van der Waals surface area contributed by atoms with Crippen molar-refractivity contribution in [2.75, 3.05) is 18.8 Å². The van der Waals surface area contributed by atoms with E-state index in [-0.39, 0.29) is 16.8 Å². The SMILES string of the molecule is CC(=O)NC1CCN(S(=O)(=O)c2cc(N)ccc2C)C1. The van der Waals surface area contributed by atoms with Crippen LogP contribution in [-0.2, 0) is 14.8 Å². The van der Waals surface area contributed by atoms with Gasteiger partial charge in [0.25, 0.3) is 0 Å². The molecule has 6 nitrogen and oxygen atoms in total. The number of nitrogens with two attached hydrogens (primary N) is 1. The van der Waals surface area contributed by atoms with Crippen LogP contribution in [0.2, 0.25) is 0 Å². The maximum absolute atomic E-state index is 12.6. The van der Waals surface area contributed by atoms with Gasteiger partial charge in [0, 0.05) is 31.7 Å². The molecule has 1 aromatic rings. The first-order valence-corrected chi connectivity index (χ1v) is 7.88. The van der Waals surface area contributed by atoms with Crippen LogP contribution in [0.1, 0.15) is 18.9 Å². The van der Waals surface area contributed by atoms with Crippen molar-refractivity contribution >= 4 is 21.6 Å². The van der Waals surface area contributed by atoms with Crippen molar-refractivity contribution in [2.45, 2.75) is 31.2 Å². The summed E-state index contributed by atoms with van der Waals surface area (Å²) in [6, 6.07) is 4.74. The Morgan fingerprint density at radius 1 is 1.45 bits per heavy atom. The minimum absolute atomic E-state index is 0.122. The Bertz CT molecular complexity index is 628. The number of rotatable bonds is 3. The average Bonchev–Trinajstić information content (AvgIpc) is 2.80. The Balaban J connectivity index is 2.24. The van der Waals surface area contributed by atoms with Crippen molar-refractivity contribution in [3.63, 3.8) is 0 Å². The number of benzene rings is 1. The van der Waals surface area contributed by atoms with E-state index < -0.39 is 10.0 Å². The number of anilines is 1. The second-order valence-corrected chi connectivity index (χ2v) is 6.98. The molecule has 110 valence electrons. The van der Waals surface area contributed by atoms with Gasteiger partial charge in [-0.15, -0.1) is 0 Å². The quantitative estimate of drug-likeness (QED) is 0.794. The summed E-state index contributed by atoms with van der Waals surface area (Å²) < 4.78 is 26.6. The average molecular weight is 297 g/mol. The Labute approximate surface area is 119 Å². The van der Waals surface area contributed by atoms with E-state index in [9.17, 15) is 13.2 Å². The molecule has 1 aromatic carbocycles. The van der Waals surface area contributed by atoms with E-state index in [1.807, 2.05) is 0 Å². The normalized spacial score (nSPS) is 20.0. The van der Waals surface area contributed by atoms with Crippen LogP contribution in [0.25, 0.3) is 0 Å². The highest BCUT2D eigenvalue weighted by molar-refractivity contribution is 7.89. The highest BCUT2D eigenvalue weighted by atomic mass is 32.2. The molecule has 3 N–H and O–H groups in total. The summed E-state index contributed by atoms with van der Waals surface area (Å²) >= 11 is 0. The first-order chi connectivity index (χ1) is 9.30. The number of nitrogens with one attached hydrogen (secondary N) is 1. The zero-order valence-corrected chi connectivity index (χ0v) is 12.4. The Kier molecular flexibility index (Phi) is 4.01. The van der Waals surface area contributed by atoms with Gasteiger partial charge in [-0.05, 0) is 31.0 Å². The molecule has 1 atom stereocenters. The first-order valence-electron chi connectivity index (χ1n) is 6.44. The zero-order chi connectivity index (χ0) is 14.9. The molecule has 2 rings (SSSR count). The fraction of sp³-hybridized carbons (Fsp3) is 0.462. The van der Waals surface area contributed by atoms with Crippen molar-refractivity contribution in [2.24, 2.45) is 0 Å². The molecule has 7 heteroatoms. The molecule has 1 heterocycles. The van der Waals surface area contributed by atoms with Gasteiger partial charge < -0.3 is 11.1 Å².